The van der Waals surface area contributed by atoms with Crippen molar-refractivity contribution in [3.63, 3.8) is 0 Å². The van der Waals surface area contributed by atoms with E-state index in [0.29, 0.717) is 33.5 Å². The summed E-state index contributed by atoms with van der Waals surface area (Å²) in [6, 6.07) is 4.77. The van der Waals surface area contributed by atoms with Crippen LogP contribution in [0.25, 0.3) is 0 Å². The molecule has 0 unspecified atom stereocenters. The zero-order valence-corrected chi connectivity index (χ0v) is 11.9. The first kappa shape index (κ1) is 13.9. The second kappa shape index (κ2) is 5.63. The molecule has 0 radical (unpaired) electrons. The van der Waals surface area contributed by atoms with Gasteiger partial charge in [-0.25, -0.2) is 0 Å². The van der Waals surface area contributed by atoms with E-state index >= 15 is 0 Å². The molecule has 0 aliphatic heterocycles. The molecule has 0 fully saturated rings. The Bertz CT molecular complexity index is 622. The monoisotopic (exact) mass is 297 g/mol. The van der Waals surface area contributed by atoms with Crippen LogP contribution >= 0.6 is 23.2 Å². The molecule has 4 nitrogen and oxygen atoms in total. The van der Waals surface area contributed by atoms with Gasteiger partial charge in [0.25, 0.3) is 0 Å². The third kappa shape index (κ3) is 2.74. The SMILES string of the molecule is CCCn1ncc(Cl)c1C(=O)c1ccc(Cl)c(N)c1. The van der Waals surface area contributed by atoms with Gasteiger partial charge in [-0.15, -0.1) is 0 Å². The lowest BCUT2D eigenvalue weighted by Gasteiger charge is -2.07. The quantitative estimate of drug-likeness (QED) is 0.695. The van der Waals surface area contributed by atoms with Crippen molar-refractivity contribution in [3.8, 4) is 0 Å². The van der Waals surface area contributed by atoms with Crippen LogP contribution in [0.15, 0.2) is 24.4 Å². The average Bonchev–Trinajstić information content (AvgIpc) is 2.74. The number of nitrogens with two attached hydrogens (primary N) is 1. The Balaban J connectivity index is 2.43. The Morgan fingerprint density at radius 3 is 2.74 bits per heavy atom. The summed E-state index contributed by atoms with van der Waals surface area (Å²) in [5.41, 5.74) is 6.90. The molecule has 2 N–H and O–H groups in total. The molecule has 2 aromatic rings. The van der Waals surface area contributed by atoms with Crippen molar-refractivity contribution < 1.29 is 4.79 Å². The number of benzene rings is 1. The summed E-state index contributed by atoms with van der Waals surface area (Å²) in [6.45, 7) is 2.64. The molecular formula is C13H13Cl2N3O. The molecule has 2 rings (SSSR count). The zero-order valence-electron chi connectivity index (χ0n) is 10.4. The number of aryl methyl sites for hydroxylation is 1. The van der Waals surface area contributed by atoms with Gasteiger partial charge in [0.05, 0.1) is 21.9 Å². The Labute approximate surface area is 121 Å². The molecule has 0 saturated carbocycles. The first-order chi connectivity index (χ1) is 9.04. The lowest BCUT2D eigenvalue weighted by Crippen LogP contribution is -2.12. The maximum Gasteiger partial charge on any atom is 0.212 e. The molecule has 0 spiro atoms. The van der Waals surface area contributed by atoms with Gasteiger partial charge in [0, 0.05) is 12.1 Å². The molecule has 0 aliphatic rings. The highest BCUT2D eigenvalue weighted by molar-refractivity contribution is 6.35. The average molecular weight is 298 g/mol. The van der Waals surface area contributed by atoms with E-state index in [1.807, 2.05) is 6.92 Å². The number of hydrogen-bond donors (Lipinski definition) is 1. The number of aromatic nitrogens is 2. The summed E-state index contributed by atoms with van der Waals surface area (Å²) in [5, 5.41) is 4.86. The predicted molar refractivity (Wildman–Crippen MR) is 76.8 cm³/mol. The highest BCUT2D eigenvalue weighted by atomic mass is 35.5. The maximum atomic E-state index is 12.4. The third-order valence-corrected chi connectivity index (χ3v) is 3.32. The smallest absolute Gasteiger partial charge is 0.212 e. The van der Waals surface area contributed by atoms with Gasteiger partial charge in [0.2, 0.25) is 5.78 Å². The topological polar surface area (TPSA) is 60.9 Å². The van der Waals surface area contributed by atoms with Crippen LogP contribution in [0.5, 0.6) is 0 Å². The minimum Gasteiger partial charge on any atom is -0.398 e. The molecular weight excluding hydrogens is 285 g/mol. The molecule has 6 heteroatoms. The van der Waals surface area contributed by atoms with Gasteiger partial charge in [-0.2, -0.15) is 5.10 Å². The van der Waals surface area contributed by atoms with Gasteiger partial charge >= 0.3 is 0 Å². The first-order valence-electron chi connectivity index (χ1n) is 5.85. The van der Waals surface area contributed by atoms with Crippen molar-refractivity contribution >= 4 is 34.7 Å². The van der Waals surface area contributed by atoms with Crippen molar-refractivity contribution in [2.45, 2.75) is 19.9 Å². The van der Waals surface area contributed by atoms with Crippen LogP contribution in [0.2, 0.25) is 10.0 Å². The van der Waals surface area contributed by atoms with Crippen LogP contribution in [0, 0.1) is 0 Å². The Morgan fingerprint density at radius 1 is 1.37 bits per heavy atom. The summed E-state index contributed by atoms with van der Waals surface area (Å²) in [5.74, 6) is -0.209. The van der Waals surface area contributed by atoms with Crippen LogP contribution in [0.4, 0.5) is 5.69 Å². The second-order valence-corrected chi connectivity index (χ2v) is 4.94. The Hall–Kier alpha value is -1.52. The van der Waals surface area contributed by atoms with Crippen molar-refractivity contribution in [2.24, 2.45) is 0 Å². The molecule has 1 aromatic carbocycles. The van der Waals surface area contributed by atoms with Crippen molar-refractivity contribution in [3.05, 3.63) is 45.7 Å². The number of anilines is 1. The highest BCUT2D eigenvalue weighted by Crippen LogP contribution is 2.24. The summed E-state index contributed by atoms with van der Waals surface area (Å²) >= 11 is 11.9. The van der Waals surface area contributed by atoms with Crippen LogP contribution in [0.1, 0.15) is 29.4 Å². The minimum absolute atomic E-state index is 0.209. The highest BCUT2D eigenvalue weighted by Gasteiger charge is 2.19. The van der Waals surface area contributed by atoms with Crippen LogP contribution in [0.3, 0.4) is 0 Å². The first-order valence-corrected chi connectivity index (χ1v) is 6.61. The lowest BCUT2D eigenvalue weighted by molar-refractivity contribution is 0.102. The summed E-state index contributed by atoms with van der Waals surface area (Å²) in [4.78, 5) is 12.4. The fourth-order valence-corrected chi connectivity index (χ4v) is 2.14. The molecule has 0 bridgehead atoms. The Morgan fingerprint density at radius 2 is 2.11 bits per heavy atom. The molecule has 19 heavy (non-hydrogen) atoms. The summed E-state index contributed by atoms with van der Waals surface area (Å²) in [6.07, 6.45) is 2.34. The largest absolute Gasteiger partial charge is 0.398 e. The van der Waals surface area contributed by atoms with Gasteiger partial charge in [0.1, 0.15) is 5.69 Å². The molecule has 100 valence electrons. The van der Waals surface area contributed by atoms with E-state index < -0.39 is 0 Å². The number of carbonyl (C=O) groups excluding carboxylic acids is 1. The maximum absolute atomic E-state index is 12.4. The van der Waals surface area contributed by atoms with E-state index in [0.717, 1.165) is 6.42 Å². The van der Waals surface area contributed by atoms with Crippen molar-refractivity contribution in [2.75, 3.05) is 5.73 Å². The van der Waals surface area contributed by atoms with Crippen molar-refractivity contribution in [1.29, 1.82) is 0 Å². The van der Waals surface area contributed by atoms with Crippen LogP contribution < -0.4 is 5.73 Å². The van der Waals surface area contributed by atoms with Gasteiger partial charge in [0.15, 0.2) is 0 Å². The molecule has 1 aromatic heterocycles. The number of nitrogen functional groups attached to an aromatic ring is 1. The van der Waals surface area contributed by atoms with Gasteiger partial charge < -0.3 is 5.73 Å². The molecule has 1 heterocycles. The molecule has 0 saturated heterocycles. The number of rotatable bonds is 4. The normalized spacial score (nSPS) is 10.7. The summed E-state index contributed by atoms with van der Waals surface area (Å²) < 4.78 is 1.61. The van der Waals surface area contributed by atoms with Crippen molar-refractivity contribution in [1.82, 2.24) is 9.78 Å². The third-order valence-electron chi connectivity index (χ3n) is 2.70. The fraction of sp³-hybridized carbons (Fsp3) is 0.231. The molecule has 0 aliphatic carbocycles. The lowest BCUT2D eigenvalue weighted by atomic mass is 10.1. The summed E-state index contributed by atoms with van der Waals surface area (Å²) in [7, 11) is 0. The van der Waals surface area contributed by atoms with E-state index in [1.165, 1.54) is 6.20 Å². The fourth-order valence-electron chi connectivity index (χ4n) is 1.79. The number of halogens is 2. The van der Waals surface area contributed by atoms with E-state index in [4.69, 9.17) is 28.9 Å². The van der Waals surface area contributed by atoms with E-state index in [2.05, 4.69) is 5.10 Å². The zero-order chi connectivity index (χ0) is 14.0. The van der Waals surface area contributed by atoms with Gasteiger partial charge in [-0.1, -0.05) is 30.1 Å². The molecule has 0 amide bonds. The number of nitrogens with zero attached hydrogens (tertiary/aromatic N) is 2. The van der Waals surface area contributed by atoms with Gasteiger partial charge in [-0.3, -0.25) is 9.48 Å². The standard InChI is InChI=1S/C13H13Cl2N3O/c1-2-5-18-12(10(15)7-17-18)13(19)8-3-4-9(14)11(16)6-8/h3-4,6-7H,2,5,16H2,1H3. The number of hydrogen-bond acceptors (Lipinski definition) is 3. The van der Waals surface area contributed by atoms with Crippen LogP contribution in [-0.4, -0.2) is 15.6 Å². The van der Waals surface area contributed by atoms with E-state index in [1.54, 1.807) is 22.9 Å². The predicted octanol–water partition coefficient (Wildman–Crippen LogP) is 3.41. The number of ketones is 1. The second-order valence-electron chi connectivity index (χ2n) is 4.13. The number of carbonyl (C=O) groups is 1. The van der Waals surface area contributed by atoms with Gasteiger partial charge in [-0.05, 0) is 24.6 Å². The van der Waals surface area contributed by atoms with E-state index in [9.17, 15) is 4.79 Å². The van der Waals surface area contributed by atoms with Crippen LogP contribution in [-0.2, 0) is 6.54 Å². The Kier molecular flexibility index (Phi) is 4.12. The minimum atomic E-state index is -0.209. The molecule has 0 atom stereocenters. The van der Waals surface area contributed by atoms with E-state index in [-0.39, 0.29) is 5.78 Å².